The SMILES string of the molecule is CNC(CCSC)Cc1cncc(Br)c1. The molecule has 0 spiro atoms. The smallest absolute Gasteiger partial charge is 0.0410 e. The van der Waals surface area contributed by atoms with Gasteiger partial charge in [0.25, 0.3) is 0 Å². The largest absolute Gasteiger partial charge is 0.317 e. The molecule has 2 nitrogen and oxygen atoms in total. The number of nitrogens with one attached hydrogen (secondary N) is 1. The molecule has 4 heteroatoms. The van der Waals surface area contributed by atoms with Crippen molar-refractivity contribution < 1.29 is 0 Å². The lowest BCUT2D eigenvalue weighted by molar-refractivity contribution is 0.546. The number of hydrogen-bond acceptors (Lipinski definition) is 3. The number of rotatable bonds is 6. The molecule has 15 heavy (non-hydrogen) atoms. The summed E-state index contributed by atoms with van der Waals surface area (Å²) in [7, 11) is 2.02. The molecule has 0 saturated carbocycles. The standard InChI is InChI=1S/C11H17BrN2S/c1-13-11(3-4-15-2)6-9-5-10(12)8-14-7-9/h5,7-8,11,13H,3-4,6H2,1-2H3. The van der Waals surface area contributed by atoms with E-state index in [0.29, 0.717) is 6.04 Å². The molecule has 1 N–H and O–H groups in total. The average molecular weight is 289 g/mol. The highest BCUT2D eigenvalue weighted by Crippen LogP contribution is 2.12. The average Bonchev–Trinajstić information content (AvgIpc) is 2.24. The van der Waals surface area contributed by atoms with E-state index in [1.807, 2.05) is 31.2 Å². The van der Waals surface area contributed by atoms with Crippen LogP contribution in [-0.4, -0.2) is 30.1 Å². The van der Waals surface area contributed by atoms with Crippen molar-refractivity contribution >= 4 is 27.7 Å². The predicted octanol–water partition coefficient (Wildman–Crippen LogP) is 2.73. The van der Waals surface area contributed by atoms with E-state index < -0.39 is 0 Å². The summed E-state index contributed by atoms with van der Waals surface area (Å²) in [6, 6.07) is 2.68. The summed E-state index contributed by atoms with van der Waals surface area (Å²) in [6.45, 7) is 0. The van der Waals surface area contributed by atoms with Crippen molar-refractivity contribution in [2.45, 2.75) is 18.9 Å². The number of aromatic nitrogens is 1. The molecule has 0 aliphatic heterocycles. The maximum absolute atomic E-state index is 4.17. The maximum atomic E-state index is 4.17. The molecule has 0 saturated heterocycles. The summed E-state index contributed by atoms with van der Waals surface area (Å²) in [5, 5.41) is 3.35. The Labute approximate surface area is 104 Å². The minimum absolute atomic E-state index is 0.550. The van der Waals surface area contributed by atoms with Crippen LogP contribution in [0.5, 0.6) is 0 Å². The third-order valence-electron chi connectivity index (χ3n) is 2.32. The van der Waals surface area contributed by atoms with Gasteiger partial charge >= 0.3 is 0 Å². The Morgan fingerprint density at radius 2 is 2.33 bits per heavy atom. The van der Waals surface area contributed by atoms with Gasteiger partial charge in [-0.05, 0) is 59.5 Å². The molecule has 0 aromatic carbocycles. The number of pyridine rings is 1. The van der Waals surface area contributed by atoms with Gasteiger partial charge < -0.3 is 5.32 Å². The first-order valence-corrected chi connectivity index (χ1v) is 7.20. The van der Waals surface area contributed by atoms with E-state index in [1.54, 1.807) is 0 Å². The first kappa shape index (κ1) is 13.0. The van der Waals surface area contributed by atoms with Crippen LogP contribution in [0.3, 0.4) is 0 Å². The van der Waals surface area contributed by atoms with E-state index in [0.717, 1.165) is 10.9 Å². The van der Waals surface area contributed by atoms with Gasteiger partial charge in [-0.2, -0.15) is 11.8 Å². The van der Waals surface area contributed by atoms with Gasteiger partial charge in [0.1, 0.15) is 0 Å². The van der Waals surface area contributed by atoms with Crippen molar-refractivity contribution in [2.75, 3.05) is 19.1 Å². The fraction of sp³-hybridized carbons (Fsp3) is 0.545. The predicted molar refractivity (Wildman–Crippen MR) is 71.5 cm³/mol. The summed E-state index contributed by atoms with van der Waals surface area (Å²) >= 11 is 5.33. The van der Waals surface area contributed by atoms with Crippen molar-refractivity contribution in [2.24, 2.45) is 0 Å². The van der Waals surface area contributed by atoms with Crippen LogP contribution in [0.2, 0.25) is 0 Å². The molecule has 0 radical (unpaired) electrons. The second-order valence-electron chi connectivity index (χ2n) is 3.48. The minimum atomic E-state index is 0.550. The summed E-state index contributed by atoms with van der Waals surface area (Å²) in [5.74, 6) is 1.20. The highest BCUT2D eigenvalue weighted by atomic mass is 79.9. The zero-order valence-electron chi connectivity index (χ0n) is 9.16. The summed E-state index contributed by atoms with van der Waals surface area (Å²) in [5.41, 5.74) is 1.28. The number of halogens is 1. The van der Waals surface area contributed by atoms with E-state index in [1.165, 1.54) is 17.7 Å². The molecule has 84 valence electrons. The Morgan fingerprint density at radius 1 is 1.53 bits per heavy atom. The fourth-order valence-corrected chi connectivity index (χ4v) is 2.39. The third-order valence-corrected chi connectivity index (χ3v) is 3.40. The number of thioether (sulfide) groups is 1. The van der Waals surface area contributed by atoms with Gasteiger partial charge in [-0.25, -0.2) is 0 Å². The second kappa shape index (κ2) is 7.25. The Balaban J connectivity index is 2.50. The molecular weight excluding hydrogens is 272 g/mol. The lowest BCUT2D eigenvalue weighted by Gasteiger charge is -2.15. The van der Waals surface area contributed by atoms with Crippen molar-refractivity contribution in [1.29, 1.82) is 0 Å². The normalized spacial score (nSPS) is 12.7. The van der Waals surface area contributed by atoms with Gasteiger partial charge in [0.15, 0.2) is 0 Å². The van der Waals surface area contributed by atoms with Crippen LogP contribution in [0.1, 0.15) is 12.0 Å². The van der Waals surface area contributed by atoms with Crippen LogP contribution in [0, 0.1) is 0 Å². The lowest BCUT2D eigenvalue weighted by Crippen LogP contribution is -2.28. The van der Waals surface area contributed by atoms with Crippen molar-refractivity contribution in [3.8, 4) is 0 Å². The first-order valence-electron chi connectivity index (χ1n) is 5.02. The fourth-order valence-electron chi connectivity index (χ4n) is 1.46. The van der Waals surface area contributed by atoms with Crippen molar-refractivity contribution in [1.82, 2.24) is 10.3 Å². The van der Waals surface area contributed by atoms with Gasteiger partial charge in [-0.15, -0.1) is 0 Å². The van der Waals surface area contributed by atoms with Gasteiger partial charge in [-0.1, -0.05) is 0 Å². The van der Waals surface area contributed by atoms with Crippen molar-refractivity contribution in [3.63, 3.8) is 0 Å². The summed E-state index contributed by atoms with van der Waals surface area (Å²) in [4.78, 5) is 4.17. The highest BCUT2D eigenvalue weighted by Gasteiger charge is 2.07. The van der Waals surface area contributed by atoms with Gasteiger partial charge in [0.2, 0.25) is 0 Å². The zero-order chi connectivity index (χ0) is 11.1. The van der Waals surface area contributed by atoms with Crippen LogP contribution in [0.4, 0.5) is 0 Å². The van der Waals surface area contributed by atoms with Crippen LogP contribution in [0.25, 0.3) is 0 Å². The van der Waals surface area contributed by atoms with Crippen molar-refractivity contribution in [3.05, 3.63) is 28.5 Å². The summed E-state index contributed by atoms with van der Waals surface area (Å²) < 4.78 is 1.06. The third kappa shape index (κ3) is 5.00. The van der Waals surface area contributed by atoms with Crippen LogP contribution in [-0.2, 0) is 6.42 Å². The first-order chi connectivity index (χ1) is 7.26. The lowest BCUT2D eigenvalue weighted by atomic mass is 10.1. The Morgan fingerprint density at radius 3 is 2.93 bits per heavy atom. The molecule has 1 unspecified atom stereocenters. The Kier molecular flexibility index (Phi) is 6.29. The second-order valence-corrected chi connectivity index (χ2v) is 5.38. The quantitative estimate of drug-likeness (QED) is 0.871. The topological polar surface area (TPSA) is 24.9 Å². The van der Waals surface area contributed by atoms with Crippen LogP contribution < -0.4 is 5.32 Å². The monoisotopic (exact) mass is 288 g/mol. The zero-order valence-corrected chi connectivity index (χ0v) is 11.6. The molecule has 0 aliphatic rings. The van der Waals surface area contributed by atoms with Gasteiger partial charge in [0.05, 0.1) is 0 Å². The molecule has 1 rings (SSSR count). The van der Waals surface area contributed by atoms with Crippen LogP contribution in [0.15, 0.2) is 22.9 Å². The van der Waals surface area contributed by atoms with E-state index in [-0.39, 0.29) is 0 Å². The van der Waals surface area contributed by atoms with E-state index in [4.69, 9.17) is 0 Å². The number of likely N-dealkylation sites (N-methyl/N-ethyl adjacent to an activating group) is 1. The van der Waals surface area contributed by atoms with Gasteiger partial charge in [-0.3, -0.25) is 4.98 Å². The van der Waals surface area contributed by atoms with Gasteiger partial charge in [0, 0.05) is 22.9 Å². The number of nitrogens with zero attached hydrogens (tertiary/aromatic N) is 1. The Hall–Kier alpha value is -0.0600. The minimum Gasteiger partial charge on any atom is -0.317 e. The molecule has 0 bridgehead atoms. The Bertz CT molecular complexity index is 294. The van der Waals surface area contributed by atoms with E-state index >= 15 is 0 Å². The summed E-state index contributed by atoms with van der Waals surface area (Å²) in [6.07, 6.45) is 8.15. The molecule has 0 fully saturated rings. The van der Waals surface area contributed by atoms with Crippen LogP contribution >= 0.6 is 27.7 Å². The molecule has 1 atom stereocenters. The molecular formula is C11H17BrN2S. The van der Waals surface area contributed by atoms with E-state index in [9.17, 15) is 0 Å². The maximum Gasteiger partial charge on any atom is 0.0410 e. The number of hydrogen-bond donors (Lipinski definition) is 1. The molecule has 1 aromatic heterocycles. The molecule has 1 heterocycles. The highest BCUT2D eigenvalue weighted by molar-refractivity contribution is 9.10. The molecule has 1 aromatic rings. The van der Waals surface area contributed by atoms with E-state index in [2.05, 4.69) is 38.6 Å². The molecule has 0 amide bonds. The molecule has 0 aliphatic carbocycles.